The van der Waals surface area contributed by atoms with Crippen molar-refractivity contribution in [2.45, 2.75) is 19.8 Å². The molecule has 41 heavy (non-hydrogen) atoms. The maximum absolute atomic E-state index is 13.5. The molecule has 1 aliphatic heterocycles. The molecule has 0 saturated carbocycles. The number of rotatable bonds is 5. The molecule has 0 unspecified atom stereocenters. The van der Waals surface area contributed by atoms with E-state index in [0.717, 1.165) is 11.3 Å². The Bertz CT molecular complexity index is 1950. The molecule has 0 bridgehead atoms. The minimum atomic E-state index is -0.664. The van der Waals surface area contributed by atoms with Crippen molar-refractivity contribution in [3.63, 3.8) is 0 Å². The van der Waals surface area contributed by atoms with Crippen LogP contribution in [0.25, 0.3) is 28.0 Å². The summed E-state index contributed by atoms with van der Waals surface area (Å²) in [5, 5.41) is 39.9. The zero-order valence-corrected chi connectivity index (χ0v) is 23.1. The third-order valence-electron chi connectivity index (χ3n) is 6.79. The first-order valence-corrected chi connectivity index (χ1v) is 12.8. The average Bonchev–Trinajstić information content (AvgIpc) is 3.12. The quantitative estimate of drug-likeness (QED) is 0.335. The van der Waals surface area contributed by atoms with Gasteiger partial charge in [-0.2, -0.15) is 21.0 Å². The van der Waals surface area contributed by atoms with Crippen LogP contribution < -0.4 is 21.0 Å². The maximum atomic E-state index is 13.5. The Morgan fingerprint density at radius 2 is 1.41 bits per heavy atom. The van der Waals surface area contributed by atoms with Gasteiger partial charge in [-0.3, -0.25) is 0 Å². The topological polar surface area (TPSA) is 129 Å². The van der Waals surface area contributed by atoms with Gasteiger partial charge in [-0.25, -0.2) is 4.79 Å². The Hall–Kier alpha value is -5.89. The molecule has 7 heteroatoms. The molecule has 4 rings (SSSR count). The van der Waals surface area contributed by atoms with Crippen molar-refractivity contribution in [2.75, 3.05) is 19.0 Å². The predicted molar refractivity (Wildman–Crippen MR) is 157 cm³/mol. The lowest BCUT2D eigenvalue weighted by Crippen LogP contribution is -2.16. The van der Waals surface area contributed by atoms with Gasteiger partial charge >= 0.3 is 5.63 Å². The fraction of sp³-hybridized carbons (Fsp3) is 0.147. The number of hydrogen-bond donors (Lipinski definition) is 0. The molecular weight excluding hydrogens is 510 g/mol. The summed E-state index contributed by atoms with van der Waals surface area (Å²) in [5.74, 6) is 0.479. The second-order valence-electron chi connectivity index (χ2n) is 9.83. The van der Waals surface area contributed by atoms with E-state index < -0.39 is 5.63 Å². The average molecular weight is 536 g/mol. The number of nitrogens with zero attached hydrogens (tertiary/aromatic N) is 5. The molecule has 0 atom stereocenters. The Morgan fingerprint density at radius 3 is 1.95 bits per heavy atom. The number of fused-ring (bicyclic) bond motifs is 1. The Labute approximate surface area is 238 Å². The van der Waals surface area contributed by atoms with Gasteiger partial charge < -0.3 is 9.32 Å². The number of benzene rings is 2. The van der Waals surface area contributed by atoms with E-state index in [1.807, 2.05) is 99.6 Å². The summed E-state index contributed by atoms with van der Waals surface area (Å²) in [7, 11) is 3.83. The summed E-state index contributed by atoms with van der Waals surface area (Å²) >= 11 is 0. The second kappa shape index (κ2) is 11.9. The molecule has 1 heterocycles. The van der Waals surface area contributed by atoms with E-state index in [0.29, 0.717) is 32.9 Å². The summed E-state index contributed by atoms with van der Waals surface area (Å²) in [6, 6.07) is 29.3. The van der Waals surface area contributed by atoms with E-state index >= 15 is 0 Å². The second-order valence-corrected chi connectivity index (χ2v) is 9.83. The van der Waals surface area contributed by atoms with Crippen LogP contribution in [0.15, 0.2) is 87.6 Å². The van der Waals surface area contributed by atoms with Crippen LogP contribution in [0.4, 0.5) is 5.69 Å². The molecule has 2 aliphatic rings. The lowest BCUT2D eigenvalue weighted by molar-refractivity contribution is 0.544. The molecule has 7 nitrogen and oxygen atoms in total. The van der Waals surface area contributed by atoms with Crippen LogP contribution in [-0.4, -0.2) is 14.1 Å². The van der Waals surface area contributed by atoms with Crippen molar-refractivity contribution in [1.82, 2.24) is 0 Å². The van der Waals surface area contributed by atoms with Crippen molar-refractivity contribution < 1.29 is 4.42 Å². The van der Waals surface area contributed by atoms with Gasteiger partial charge in [0, 0.05) is 36.1 Å². The highest BCUT2D eigenvalue weighted by atomic mass is 16.4. The van der Waals surface area contributed by atoms with E-state index in [9.17, 15) is 25.8 Å². The highest BCUT2D eigenvalue weighted by Gasteiger charge is 2.27. The van der Waals surface area contributed by atoms with Gasteiger partial charge in [0.05, 0.1) is 5.56 Å². The van der Waals surface area contributed by atoms with E-state index in [4.69, 9.17) is 4.42 Å². The molecule has 198 valence electrons. The molecule has 2 aromatic carbocycles. The molecule has 0 fully saturated rings. The summed E-state index contributed by atoms with van der Waals surface area (Å²) in [4.78, 5) is 15.5. The van der Waals surface area contributed by atoms with Gasteiger partial charge in [0.15, 0.2) is 0 Å². The van der Waals surface area contributed by atoms with E-state index in [-0.39, 0.29) is 28.2 Å². The first kappa shape index (κ1) is 28.1. The summed E-state index contributed by atoms with van der Waals surface area (Å²) in [6.07, 6.45) is 0. The maximum Gasteiger partial charge on any atom is 0.345 e. The van der Waals surface area contributed by atoms with E-state index in [2.05, 4.69) is 0 Å². The van der Waals surface area contributed by atoms with Crippen molar-refractivity contribution in [3.05, 3.63) is 116 Å². The molecule has 0 saturated heterocycles. The summed E-state index contributed by atoms with van der Waals surface area (Å²) < 4.78 is 5.66. The van der Waals surface area contributed by atoms with Crippen LogP contribution in [-0.2, 0) is 0 Å². The van der Waals surface area contributed by atoms with Crippen molar-refractivity contribution in [2.24, 2.45) is 0 Å². The fourth-order valence-corrected chi connectivity index (χ4v) is 4.61. The molecule has 0 spiro atoms. The highest BCUT2D eigenvalue weighted by Crippen LogP contribution is 2.38. The van der Waals surface area contributed by atoms with Gasteiger partial charge in [-0.15, -0.1) is 0 Å². The van der Waals surface area contributed by atoms with Gasteiger partial charge in [0.25, 0.3) is 0 Å². The fourth-order valence-electron chi connectivity index (χ4n) is 4.61. The lowest BCUT2D eigenvalue weighted by Gasteiger charge is -2.16. The van der Waals surface area contributed by atoms with Gasteiger partial charge in [-0.1, -0.05) is 62.4 Å². The number of hydrogen-bond acceptors (Lipinski definition) is 7. The largest absolute Gasteiger partial charge is 0.422 e. The monoisotopic (exact) mass is 535 g/mol. The predicted octanol–water partition coefficient (Wildman–Crippen LogP) is 4.83. The summed E-state index contributed by atoms with van der Waals surface area (Å²) in [6.45, 7) is 4.07. The Balaban J connectivity index is 2.22. The molecule has 0 radical (unpaired) electrons. The zero-order chi connectivity index (χ0) is 29.7. The number of anilines is 1. The van der Waals surface area contributed by atoms with Crippen LogP contribution in [0.3, 0.4) is 0 Å². The van der Waals surface area contributed by atoms with Crippen LogP contribution in [0.1, 0.15) is 36.5 Å². The SMILES string of the molecule is CC(C)c1cccc2oc(=O)c(C(=C(C#N)C#N)C(c3ccc(N(C)C)cc3)=c3ccc(=C(C#N)C#N)cc3)c-2c1. The smallest absolute Gasteiger partial charge is 0.345 e. The standard InChI is InChI=1S/C34H25N5O2/c1-21(2)25-6-5-7-30-29(16-25)33(34(40)41-30)32(27(19-37)20-38)31(24-12-14-28(15-13-24)39(3)4)23-10-8-22(9-11-23)26(17-35)18-36/h5-16,21H,1-4H3. The molecular formula is C34H25N5O2. The molecule has 0 aromatic heterocycles. The van der Waals surface area contributed by atoms with Crippen LogP contribution in [0, 0.1) is 45.3 Å². The number of nitriles is 4. The first-order chi connectivity index (χ1) is 19.7. The first-order valence-electron chi connectivity index (χ1n) is 12.8. The van der Waals surface area contributed by atoms with Gasteiger partial charge in [0.2, 0.25) is 0 Å². The Morgan fingerprint density at radius 1 is 0.805 bits per heavy atom. The minimum Gasteiger partial charge on any atom is -0.422 e. The minimum absolute atomic E-state index is 0.0460. The van der Waals surface area contributed by atoms with Crippen molar-refractivity contribution in [1.29, 1.82) is 21.0 Å². The van der Waals surface area contributed by atoms with Crippen LogP contribution in [0.2, 0.25) is 0 Å². The molecule has 1 aliphatic carbocycles. The highest BCUT2D eigenvalue weighted by molar-refractivity contribution is 6.10. The zero-order valence-electron chi connectivity index (χ0n) is 23.1. The van der Waals surface area contributed by atoms with Crippen LogP contribution in [0.5, 0.6) is 0 Å². The molecule has 0 amide bonds. The van der Waals surface area contributed by atoms with E-state index in [1.165, 1.54) is 0 Å². The lowest BCUT2D eigenvalue weighted by atomic mass is 9.86. The normalized spacial score (nSPS) is 10.2. The third-order valence-corrected chi connectivity index (χ3v) is 6.79. The molecule has 0 N–H and O–H groups in total. The van der Waals surface area contributed by atoms with Crippen molar-refractivity contribution >= 4 is 22.4 Å². The third kappa shape index (κ3) is 5.48. The van der Waals surface area contributed by atoms with Crippen LogP contribution >= 0.6 is 0 Å². The number of allylic oxidation sites excluding steroid dienone is 2. The number of furan rings is 1. The molecule has 2 aromatic rings. The van der Waals surface area contributed by atoms with Gasteiger partial charge in [0.1, 0.15) is 41.2 Å². The summed E-state index contributed by atoms with van der Waals surface area (Å²) in [5.41, 5.74) is 2.81. The Kier molecular flexibility index (Phi) is 8.15. The van der Waals surface area contributed by atoms with Crippen molar-refractivity contribution in [3.8, 4) is 35.6 Å². The van der Waals surface area contributed by atoms with Gasteiger partial charge in [-0.05, 0) is 52.1 Å². The van der Waals surface area contributed by atoms with E-state index in [1.54, 1.807) is 30.3 Å².